The van der Waals surface area contributed by atoms with E-state index < -0.39 is 17.7 Å². The average Bonchev–Trinajstić information content (AvgIpc) is 3.49. The van der Waals surface area contributed by atoms with Crippen LogP contribution in [0.4, 0.5) is 23.2 Å². The van der Waals surface area contributed by atoms with Gasteiger partial charge in [-0.1, -0.05) is 6.07 Å². The van der Waals surface area contributed by atoms with Gasteiger partial charge >= 0.3 is 12.1 Å². The molecule has 0 bridgehead atoms. The number of fused-ring (bicyclic) bond motifs is 1. The van der Waals surface area contributed by atoms with Gasteiger partial charge in [0.15, 0.2) is 0 Å². The van der Waals surface area contributed by atoms with E-state index in [1.165, 1.54) is 18.2 Å². The van der Waals surface area contributed by atoms with Crippen molar-refractivity contribution in [1.29, 1.82) is 0 Å². The molecule has 0 N–H and O–H groups in total. The zero-order valence-electron chi connectivity index (χ0n) is 22.0. The van der Waals surface area contributed by atoms with Gasteiger partial charge in [0.2, 0.25) is 5.91 Å². The molecule has 2 aromatic heterocycles. The second kappa shape index (κ2) is 10.7. The van der Waals surface area contributed by atoms with Gasteiger partial charge in [0.25, 0.3) is 0 Å². The quantitative estimate of drug-likeness (QED) is 0.232. The lowest BCUT2D eigenvalue weighted by molar-refractivity contribution is -0.137. The molecule has 210 valence electrons. The van der Waals surface area contributed by atoms with Crippen LogP contribution >= 0.6 is 0 Å². The van der Waals surface area contributed by atoms with E-state index in [0.717, 1.165) is 12.1 Å². The van der Waals surface area contributed by atoms with E-state index in [2.05, 4.69) is 0 Å². The van der Waals surface area contributed by atoms with Gasteiger partial charge in [-0.05, 0) is 68.4 Å². The number of piperazine rings is 1. The highest BCUT2D eigenvalue weighted by molar-refractivity contribution is 5.96. The number of carbonyl (C=O) groups is 2. The van der Waals surface area contributed by atoms with Crippen molar-refractivity contribution in [3.8, 4) is 5.69 Å². The second-order valence-corrected chi connectivity index (χ2v) is 9.92. The van der Waals surface area contributed by atoms with Crippen LogP contribution in [-0.4, -0.2) is 58.2 Å². The van der Waals surface area contributed by atoms with Crippen LogP contribution in [0.3, 0.4) is 0 Å². The number of benzene rings is 2. The molecule has 7 nitrogen and oxygen atoms in total. The summed E-state index contributed by atoms with van der Waals surface area (Å²) in [4.78, 5) is 29.8. The first-order chi connectivity index (χ1) is 19.0. The summed E-state index contributed by atoms with van der Waals surface area (Å²) in [5.74, 6) is -1.17. The van der Waals surface area contributed by atoms with Crippen molar-refractivity contribution in [2.75, 3.05) is 31.1 Å². The van der Waals surface area contributed by atoms with Crippen LogP contribution in [0.2, 0.25) is 0 Å². The lowest BCUT2D eigenvalue weighted by Crippen LogP contribution is -2.49. The van der Waals surface area contributed by atoms with Gasteiger partial charge in [-0.25, -0.2) is 9.18 Å². The molecule has 0 spiro atoms. The number of nitrogens with zero attached hydrogens (tertiary/aromatic N) is 4. The lowest BCUT2D eigenvalue weighted by atomic mass is 10.1. The first kappa shape index (κ1) is 27.3. The molecular weight excluding hydrogens is 528 g/mol. The number of amides is 1. The molecule has 0 atom stereocenters. The molecule has 0 aliphatic carbocycles. The number of anilines is 1. The van der Waals surface area contributed by atoms with Crippen molar-refractivity contribution in [2.24, 2.45) is 0 Å². The Kier molecular flexibility index (Phi) is 7.31. The summed E-state index contributed by atoms with van der Waals surface area (Å²) >= 11 is 0. The Hall–Kier alpha value is -4.28. The van der Waals surface area contributed by atoms with Crippen LogP contribution in [0, 0.1) is 5.82 Å². The first-order valence-electron chi connectivity index (χ1n) is 12.9. The summed E-state index contributed by atoms with van der Waals surface area (Å²) in [6.07, 6.45) is -3.02. The van der Waals surface area contributed by atoms with Gasteiger partial charge in [-0.3, -0.25) is 4.79 Å². The topological polar surface area (TPSA) is 59.7 Å². The molecule has 11 heteroatoms. The van der Waals surface area contributed by atoms with E-state index >= 15 is 0 Å². The molecule has 5 rings (SSSR count). The minimum Gasteiger partial charge on any atom is -0.458 e. The number of esters is 1. The van der Waals surface area contributed by atoms with Crippen molar-refractivity contribution in [3.63, 3.8) is 0 Å². The number of ether oxygens (including phenoxy) is 1. The third-order valence-electron chi connectivity index (χ3n) is 6.88. The monoisotopic (exact) mass is 556 g/mol. The van der Waals surface area contributed by atoms with Crippen LogP contribution in [0.5, 0.6) is 0 Å². The molecule has 40 heavy (non-hydrogen) atoms. The molecule has 1 fully saturated rings. The number of halogens is 4. The van der Waals surface area contributed by atoms with E-state index in [1.807, 2.05) is 4.90 Å². The standard InChI is InChI=1S/C29H28F4N4O3/c1-19(2)40-28(39)26-17-25-24(10-11-36(25)22-8-6-21(30)7-9-22)37(26)18-27(38)35-14-12-34(13-15-35)23-5-3-4-20(16-23)29(31,32)33/h3-11,16-17,19H,12-15,18H2,1-2H3. The summed E-state index contributed by atoms with van der Waals surface area (Å²) in [6.45, 7) is 4.73. The predicted octanol–water partition coefficient (Wildman–Crippen LogP) is 5.50. The molecule has 2 aromatic carbocycles. The van der Waals surface area contributed by atoms with Crippen molar-refractivity contribution in [1.82, 2.24) is 14.0 Å². The number of alkyl halides is 3. The molecule has 4 aromatic rings. The van der Waals surface area contributed by atoms with Gasteiger partial charge in [-0.15, -0.1) is 0 Å². The maximum absolute atomic E-state index is 13.5. The molecule has 3 heterocycles. The van der Waals surface area contributed by atoms with Crippen LogP contribution in [-0.2, 0) is 22.3 Å². The van der Waals surface area contributed by atoms with E-state index in [0.29, 0.717) is 48.6 Å². The fourth-order valence-electron chi connectivity index (χ4n) is 4.91. The fraction of sp³-hybridized carbons (Fsp3) is 0.310. The highest BCUT2D eigenvalue weighted by Gasteiger charge is 2.31. The van der Waals surface area contributed by atoms with Gasteiger partial charge in [0, 0.05) is 43.8 Å². The molecule has 0 saturated carbocycles. The molecule has 1 aliphatic rings. The minimum atomic E-state index is -4.43. The van der Waals surface area contributed by atoms with E-state index in [1.54, 1.807) is 64.4 Å². The maximum atomic E-state index is 13.5. The number of aromatic nitrogens is 2. The SMILES string of the molecule is CC(C)OC(=O)c1cc2c(ccn2-c2ccc(F)cc2)n1CC(=O)N1CCN(c2cccc(C(F)(F)F)c2)CC1. The van der Waals surface area contributed by atoms with Crippen molar-refractivity contribution in [2.45, 2.75) is 32.7 Å². The molecule has 1 saturated heterocycles. The molecule has 1 amide bonds. The Morgan fingerprint density at radius 3 is 2.25 bits per heavy atom. The van der Waals surface area contributed by atoms with E-state index in [9.17, 15) is 27.2 Å². The third-order valence-corrected chi connectivity index (χ3v) is 6.88. The number of carbonyl (C=O) groups excluding carboxylic acids is 2. The largest absolute Gasteiger partial charge is 0.458 e. The van der Waals surface area contributed by atoms with Gasteiger partial charge in [0.05, 0.1) is 22.7 Å². The molecular formula is C29H28F4N4O3. The van der Waals surface area contributed by atoms with Crippen molar-refractivity contribution in [3.05, 3.63) is 83.9 Å². The Morgan fingerprint density at radius 1 is 0.900 bits per heavy atom. The molecule has 0 radical (unpaired) electrons. The van der Waals surface area contributed by atoms with Crippen LogP contribution < -0.4 is 4.90 Å². The smallest absolute Gasteiger partial charge is 0.416 e. The predicted molar refractivity (Wildman–Crippen MR) is 142 cm³/mol. The minimum absolute atomic E-state index is 0.122. The van der Waals surface area contributed by atoms with Crippen molar-refractivity contribution < 1.29 is 31.9 Å². The third kappa shape index (κ3) is 5.54. The molecule has 1 aliphatic heterocycles. The lowest BCUT2D eigenvalue weighted by Gasteiger charge is -2.36. The Balaban J connectivity index is 1.36. The van der Waals surface area contributed by atoms with E-state index in [4.69, 9.17) is 4.74 Å². The van der Waals surface area contributed by atoms with Gasteiger partial charge in [-0.2, -0.15) is 13.2 Å². The summed E-state index contributed by atoms with van der Waals surface area (Å²) < 4.78 is 61.8. The summed E-state index contributed by atoms with van der Waals surface area (Å²) in [7, 11) is 0. The van der Waals surface area contributed by atoms with Crippen LogP contribution in [0.25, 0.3) is 16.7 Å². The molecule has 0 unspecified atom stereocenters. The highest BCUT2D eigenvalue weighted by Crippen LogP contribution is 2.32. The maximum Gasteiger partial charge on any atom is 0.416 e. The Morgan fingerprint density at radius 2 is 1.60 bits per heavy atom. The van der Waals surface area contributed by atoms with Gasteiger partial charge < -0.3 is 23.7 Å². The number of rotatable bonds is 6. The van der Waals surface area contributed by atoms with Crippen molar-refractivity contribution >= 4 is 28.6 Å². The van der Waals surface area contributed by atoms with E-state index in [-0.39, 0.29) is 30.1 Å². The fourth-order valence-corrected chi connectivity index (χ4v) is 4.91. The number of hydrogen-bond acceptors (Lipinski definition) is 4. The normalized spacial score (nSPS) is 14.3. The number of hydrogen-bond donors (Lipinski definition) is 0. The Bertz CT molecular complexity index is 1530. The van der Waals surface area contributed by atoms with Crippen LogP contribution in [0.1, 0.15) is 29.9 Å². The summed E-state index contributed by atoms with van der Waals surface area (Å²) in [6, 6.07) is 14.5. The van der Waals surface area contributed by atoms with Gasteiger partial charge in [0.1, 0.15) is 18.1 Å². The van der Waals surface area contributed by atoms with Crippen LogP contribution in [0.15, 0.2) is 66.9 Å². The zero-order chi connectivity index (χ0) is 28.6. The summed E-state index contributed by atoms with van der Waals surface area (Å²) in [5, 5.41) is 0. The second-order valence-electron chi connectivity index (χ2n) is 9.92. The Labute approximate surface area is 228 Å². The summed E-state index contributed by atoms with van der Waals surface area (Å²) in [5.41, 5.74) is 1.93. The zero-order valence-corrected chi connectivity index (χ0v) is 22.0. The highest BCUT2D eigenvalue weighted by atomic mass is 19.4. The average molecular weight is 557 g/mol. The first-order valence-corrected chi connectivity index (χ1v) is 12.9.